The van der Waals surface area contributed by atoms with Crippen molar-refractivity contribution in [3.8, 4) is 0 Å². The van der Waals surface area contributed by atoms with Crippen molar-refractivity contribution < 1.29 is 77.0 Å². The van der Waals surface area contributed by atoms with E-state index >= 15 is 9.59 Å². The van der Waals surface area contributed by atoms with E-state index in [4.69, 9.17) is 39.9 Å². The van der Waals surface area contributed by atoms with Crippen molar-refractivity contribution in [2.75, 3.05) is 20.7 Å². The summed E-state index contributed by atoms with van der Waals surface area (Å²) in [6.07, 6.45) is -9.39. The fourth-order valence-corrected chi connectivity index (χ4v) is 13.5. The molecule has 1 aliphatic heterocycles. The molecule has 3 aromatic rings. The summed E-state index contributed by atoms with van der Waals surface area (Å²) >= 11 is 1.28. The van der Waals surface area contributed by atoms with Gasteiger partial charge in [-0.1, -0.05) is 80.6 Å². The summed E-state index contributed by atoms with van der Waals surface area (Å²) in [4.78, 5) is 120. The van der Waals surface area contributed by atoms with Gasteiger partial charge in [0.15, 0.2) is 23.4 Å². The number of hydrogen-bond donors (Lipinski definition) is 6. The number of carbonyl (C=O) groups is 8. The van der Waals surface area contributed by atoms with Gasteiger partial charge in [-0.15, -0.1) is 0 Å². The van der Waals surface area contributed by atoms with Crippen molar-refractivity contribution in [3.63, 3.8) is 0 Å². The van der Waals surface area contributed by atoms with Crippen molar-refractivity contribution in [1.29, 1.82) is 0 Å². The van der Waals surface area contributed by atoms with E-state index in [1.54, 1.807) is 85.7 Å². The Morgan fingerprint density at radius 1 is 0.835 bits per heavy atom. The van der Waals surface area contributed by atoms with E-state index in [2.05, 4.69) is 20.0 Å². The lowest BCUT2D eigenvalue weighted by molar-refractivity contribution is -0.346. The predicted octanol–water partition coefficient (Wildman–Crippen LogP) is 4.33. The van der Waals surface area contributed by atoms with Crippen LogP contribution in [0.3, 0.4) is 0 Å². The molecule has 23 nitrogen and oxygen atoms in total. The minimum absolute atomic E-state index is 0.0251. The Morgan fingerprint density at radius 2 is 1.45 bits per heavy atom. The molecule has 456 valence electrons. The lowest BCUT2D eigenvalue weighted by atomic mass is 9.44. The Balaban J connectivity index is 1.15. The fraction of sp³-hybridized carbons (Fsp3) is 0.508. The quantitative estimate of drug-likeness (QED) is 0.0273. The van der Waals surface area contributed by atoms with Crippen LogP contribution in [0, 0.1) is 16.7 Å². The van der Waals surface area contributed by atoms with Gasteiger partial charge in [0.25, 0.3) is 5.91 Å². The number of aliphatic imine (C=N–C) groups is 1. The van der Waals surface area contributed by atoms with Gasteiger partial charge >= 0.3 is 29.8 Å². The molecule has 11 atom stereocenters. The second kappa shape index (κ2) is 25.9. The van der Waals surface area contributed by atoms with Crippen molar-refractivity contribution in [1.82, 2.24) is 15.5 Å². The molecule has 2 amide bonds. The van der Waals surface area contributed by atoms with Crippen LogP contribution in [0.15, 0.2) is 112 Å². The average molecular weight is 1190 g/mol. The number of amides is 2. The summed E-state index contributed by atoms with van der Waals surface area (Å²) < 4.78 is 41.4. The van der Waals surface area contributed by atoms with Crippen LogP contribution in [0.25, 0.3) is 0 Å². The lowest BCUT2D eigenvalue weighted by Gasteiger charge is -2.67. The van der Waals surface area contributed by atoms with Crippen molar-refractivity contribution in [3.05, 3.63) is 119 Å². The Morgan fingerprint density at radius 3 is 2.02 bits per heavy atom. The first kappa shape index (κ1) is 63.4. The van der Waals surface area contributed by atoms with Gasteiger partial charge in [0.05, 0.1) is 36.0 Å². The molecule has 1 saturated heterocycles. The highest BCUT2D eigenvalue weighted by atomic mass is 32.2. The standard InChI is InChI=1S/C61H75N7O16S/c1-33-41(31-61(78)52(83-54(76)38-22-16-11-17-23-38)50-59(6,42(71)30-43-60(50,32-79-43)84-35(3)70)51(74)48(80-34(2)69)46(33)58(61,4)5)81-55(77)49(47(36-18-12-9-13-19-36)65-53(75)37-20-14-10-15-21-37)82-45(73)29-28-44(72)64-39-24-26-40(27-25-39)85-67-56(62)66-57(63)68(7)8/h9-23,39-43,47-50,52,71,78H,24-32H2,1-8H3,(H,64,72)(H,65,75)(H4,62,63,66,67)/t39?,40?,41-,42-,43+,47-,48+,49+,50-,52-,59+,60-,61+/m0/s1. The molecule has 0 unspecified atom stereocenters. The number of rotatable bonds is 17. The number of nitrogens with zero attached hydrogens (tertiary/aromatic N) is 3. The van der Waals surface area contributed by atoms with E-state index in [0.717, 1.165) is 13.8 Å². The molecule has 85 heavy (non-hydrogen) atoms. The second-order valence-electron chi connectivity index (χ2n) is 23.3. The summed E-state index contributed by atoms with van der Waals surface area (Å²) in [5.41, 5.74) is 4.04. The van der Waals surface area contributed by atoms with E-state index in [0.29, 0.717) is 25.7 Å². The smallest absolute Gasteiger partial charge is 0.350 e. The number of guanidine groups is 2. The van der Waals surface area contributed by atoms with Gasteiger partial charge < -0.3 is 65.6 Å². The van der Waals surface area contributed by atoms with Crippen LogP contribution in [0.1, 0.15) is 125 Å². The van der Waals surface area contributed by atoms with Crippen LogP contribution in [-0.2, 0) is 57.2 Å². The topological polar surface area (TPSA) is 336 Å². The molecule has 0 radical (unpaired) electrons. The zero-order valence-corrected chi connectivity index (χ0v) is 49.6. The number of nitrogens with two attached hydrogens (primary N) is 2. The summed E-state index contributed by atoms with van der Waals surface area (Å²) in [6.45, 7) is 7.79. The van der Waals surface area contributed by atoms with E-state index in [1.165, 1.54) is 63.9 Å². The van der Waals surface area contributed by atoms with E-state index < -0.39 is 131 Å². The Kier molecular flexibility index (Phi) is 19.3. The van der Waals surface area contributed by atoms with E-state index in [1.807, 2.05) is 0 Å². The fourth-order valence-electron chi connectivity index (χ4n) is 12.7. The van der Waals surface area contributed by atoms with Crippen LogP contribution in [0.5, 0.6) is 0 Å². The summed E-state index contributed by atoms with van der Waals surface area (Å²) in [7, 11) is 3.45. The van der Waals surface area contributed by atoms with Gasteiger partial charge in [0.1, 0.15) is 30.0 Å². The zero-order chi connectivity index (χ0) is 61.8. The molecule has 1 heterocycles. The third-order valence-electron chi connectivity index (χ3n) is 17.3. The average Bonchev–Trinajstić information content (AvgIpc) is 0.716. The number of fused-ring (bicyclic) bond motifs is 5. The third-order valence-corrected chi connectivity index (χ3v) is 18.4. The van der Waals surface area contributed by atoms with Gasteiger partial charge in [0, 0.05) is 69.5 Å². The molecule has 0 spiro atoms. The van der Waals surface area contributed by atoms with Crippen LogP contribution < -0.4 is 22.1 Å². The Labute approximate surface area is 497 Å². The molecule has 5 aliphatic rings. The summed E-state index contributed by atoms with van der Waals surface area (Å²) in [6, 6.07) is 22.3. The lowest BCUT2D eigenvalue weighted by Crippen LogP contribution is -2.82. The normalized spacial score (nSPS) is 29.5. The number of carbonyl (C=O) groups excluding carboxylic acids is 8. The van der Waals surface area contributed by atoms with Crippen LogP contribution in [0.4, 0.5) is 0 Å². The number of benzene rings is 3. The maximum absolute atomic E-state index is 15.9. The molecule has 2 bridgehead atoms. The zero-order valence-electron chi connectivity index (χ0n) is 48.8. The van der Waals surface area contributed by atoms with Crippen LogP contribution >= 0.6 is 11.9 Å². The molecular weight excluding hydrogens is 1120 g/mol. The Hall–Kier alpha value is -7.67. The Bertz CT molecular complexity index is 3120. The number of hydrogen-bond acceptors (Lipinski definition) is 18. The third kappa shape index (κ3) is 13.1. The van der Waals surface area contributed by atoms with Crippen molar-refractivity contribution >= 4 is 71.3 Å². The summed E-state index contributed by atoms with van der Waals surface area (Å²) in [5, 5.41) is 32.3. The number of nitrogens with one attached hydrogen (secondary N) is 2. The van der Waals surface area contributed by atoms with Crippen LogP contribution in [-0.4, -0.2) is 154 Å². The van der Waals surface area contributed by atoms with E-state index in [9.17, 15) is 39.0 Å². The van der Waals surface area contributed by atoms with Gasteiger partial charge in [-0.25, -0.2) is 9.59 Å². The molecule has 3 aromatic carbocycles. The predicted molar refractivity (Wildman–Crippen MR) is 310 cm³/mol. The molecule has 8 rings (SSSR count). The molecule has 24 heteroatoms. The SMILES string of the molecule is CC(=O)O[C@H]1C(=O)[C@@]2(C)[C@H]([C@H](OC(=O)c3ccccc3)[C@]3(O)C[C@H](OC(=O)[C@H](OC(=O)CCC(=O)NC4CCC(S/N=C(N)/N=C(/N)N(C)C)CC4)[C@@H](NC(=O)c4ccccc4)c4ccccc4)C(C)=C1C3(C)C)[C@]1(OC(C)=O)CO[C@@H]1C[C@@H]2O. The highest BCUT2D eigenvalue weighted by Crippen LogP contribution is 2.64. The highest BCUT2D eigenvalue weighted by Gasteiger charge is 2.78. The van der Waals surface area contributed by atoms with E-state index in [-0.39, 0.29) is 70.5 Å². The maximum Gasteiger partial charge on any atom is 0.350 e. The number of ether oxygens (including phenoxy) is 6. The number of aliphatic hydroxyl groups is 2. The first-order chi connectivity index (χ1) is 40.2. The van der Waals surface area contributed by atoms with Crippen molar-refractivity contribution in [2.24, 2.45) is 37.6 Å². The molecule has 8 N–H and O–H groups in total. The van der Waals surface area contributed by atoms with Gasteiger partial charge in [-0.2, -0.15) is 9.39 Å². The monoisotopic (exact) mass is 1190 g/mol. The largest absolute Gasteiger partial charge is 0.455 e. The number of esters is 5. The molecular formula is C61H75N7O16S. The molecule has 4 aliphatic carbocycles. The second-order valence-corrected chi connectivity index (χ2v) is 24.3. The minimum atomic E-state index is -2.51. The summed E-state index contributed by atoms with van der Waals surface area (Å²) in [5.74, 6) is -8.50. The maximum atomic E-state index is 15.9. The first-order valence-corrected chi connectivity index (χ1v) is 29.1. The first-order valence-electron chi connectivity index (χ1n) is 28.2. The van der Waals surface area contributed by atoms with Gasteiger partial charge in [-0.3, -0.25) is 28.8 Å². The molecule has 3 saturated carbocycles. The van der Waals surface area contributed by atoms with Crippen molar-refractivity contribution in [2.45, 2.75) is 158 Å². The number of aliphatic hydroxyl groups excluding tert-OH is 1. The number of Topliss-reactive ketones (excluding diaryl/α,β-unsaturated/α-hetero) is 1. The molecule has 0 aromatic heterocycles. The number of ketones is 1. The minimum Gasteiger partial charge on any atom is -0.455 e. The highest BCUT2D eigenvalue weighted by molar-refractivity contribution is 7.98. The van der Waals surface area contributed by atoms with Gasteiger partial charge in [-0.05, 0) is 92.5 Å². The molecule has 4 fully saturated rings. The van der Waals surface area contributed by atoms with Gasteiger partial charge in [0.2, 0.25) is 18.0 Å². The van der Waals surface area contributed by atoms with Crippen LogP contribution in [0.2, 0.25) is 0 Å².